The van der Waals surface area contributed by atoms with Gasteiger partial charge in [-0.25, -0.2) is 4.79 Å². The molecule has 3 unspecified atom stereocenters. The van der Waals surface area contributed by atoms with Crippen LogP contribution in [0.5, 0.6) is 0 Å². The van der Waals surface area contributed by atoms with E-state index in [2.05, 4.69) is 4.98 Å². The Balaban J connectivity index is 1.95. The van der Waals surface area contributed by atoms with Gasteiger partial charge in [0.15, 0.2) is 0 Å². The number of fused-ring (bicyclic) bond motifs is 1. The number of nitrogens with zero attached hydrogens (tertiary/aromatic N) is 1. The van der Waals surface area contributed by atoms with E-state index in [4.69, 9.17) is 0 Å². The molecule has 1 aromatic rings. The van der Waals surface area contributed by atoms with Crippen molar-refractivity contribution >= 4 is 0 Å². The first-order valence-electron chi connectivity index (χ1n) is 5.59. The van der Waals surface area contributed by atoms with Crippen LogP contribution in [-0.2, 0) is 0 Å². The average Bonchev–Trinajstić information content (AvgIpc) is 2.88. The molecule has 16 heavy (non-hydrogen) atoms. The van der Waals surface area contributed by atoms with Crippen molar-refractivity contribution in [3.05, 3.63) is 33.1 Å². The van der Waals surface area contributed by atoms with Gasteiger partial charge in [-0.15, -0.1) is 0 Å². The van der Waals surface area contributed by atoms with E-state index in [1.807, 2.05) is 0 Å². The maximum absolute atomic E-state index is 11.6. The summed E-state index contributed by atoms with van der Waals surface area (Å²) in [6.07, 6.45) is 4.46. The lowest BCUT2D eigenvalue weighted by Crippen LogP contribution is -2.31. The molecule has 0 bridgehead atoms. The van der Waals surface area contributed by atoms with Crippen LogP contribution < -0.4 is 11.2 Å². The van der Waals surface area contributed by atoms with Gasteiger partial charge in [0.2, 0.25) is 0 Å². The maximum atomic E-state index is 11.6. The van der Waals surface area contributed by atoms with Crippen molar-refractivity contribution in [2.75, 3.05) is 6.61 Å². The van der Waals surface area contributed by atoms with Crippen LogP contribution in [-0.4, -0.2) is 21.3 Å². The van der Waals surface area contributed by atoms with Gasteiger partial charge in [-0.05, 0) is 30.6 Å². The number of hydrogen-bond acceptors (Lipinski definition) is 3. The number of aromatic amines is 1. The fourth-order valence-corrected chi connectivity index (χ4v) is 3.13. The zero-order valence-corrected chi connectivity index (χ0v) is 8.85. The van der Waals surface area contributed by atoms with Gasteiger partial charge < -0.3 is 5.11 Å². The van der Waals surface area contributed by atoms with Crippen molar-refractivity contribution in [3.63, 3.8) is 0 Å². The van der Waals surface area contributed by atoms with Crippen LogP contribution in [0.15, 0.2) is 21.9 Å². The summed E-state index contributed by atoms with van der Waals surface area (Å²) in [5.74, 6) is 0.404. The van der Waals surface area contributed by atoms with Crippen molar-refractivity contribution in [1.82, 2.24) is 9.55 Å². The van der Waals surface area contributed by atoms with Crippen molar-refractivity contribution in [2.45, 2.75) is 25.3 Å². The fourth-order valence-electron chi connectivity index (χ4n) is 3.13. The predicted octanol–water partition coefficient (Wildman–Crippen LogP) is -0.130. The molecule has 0 spiro atoms. The summed E-state index contributed by atoms with van der Waals surface area (Å²) in [4.78, 5) is 24.9. The highest BCUT2D eigenvalue weighted by molar-refractivity contribution is 5.12. The van der Waals surface area contributed by atoms with E-state index in [0.29, 0.717) is 5.92 Å². The molecule has 1 aromatic heterocycles. The number of rotatable bonds is 2. The molecule has 86 valence electrons. The molecule has 3 atom stereocenters. The Morgan fingerprint density at radius 1 is 1.56 bits per heavy atom. The van der Waals surface area contributed by atoms with Gasteiger partial charge in [-0.3, -0.25) is 14.3 Å². The fraction of sp³-hybridized carbons (Fsp3) is 0.636. The number of aromatic nitrogens is 2. The first-order valence-corrected chi connectivity index (χ1v) is 5.59. The summed E-state index contributed by atoms with van der Waals surface area (Å²) < 4.78 is 1.61. The van der Waals surface area contributed by atoms with Crippen LogP contribution in [0.3, 0.4) is 0 Å². The van der Waals surface area contributed by atoms with Crippen LogP contribution in [0.1, 0.15) is 25.3 Å². The third-order valence-corrected chi connectivity index (χ3v) is 4.18. The molecule has 0 saturated heterocycles. The SMILES string of the molecule is O=c1ccn(C2CCC3(CO)CC23)c(=O)[nH]1. The van der Waals surface area contributed by atoms with Crippen molar-refractivity contribution in [3.8, 4) is 0 Å². The van der Waals surface area contributed by atoms with E-state index in [1.54, 1.807) is 10.8 Å². The van der Waals surface area contributed by atoms with Gasteiger partial charge in [-0.1, -0.05) is 0 Å². The average molecular weight is 222 g/mol. The minimum absolute atomic E-state index is 0.0697. The van der Waals surface area contributed by atoms with E-state index in [1.165, 1.54) is 6.07 Å². The molecule has 3 rings (SSSR count). The van der Waals surface area contributed by atoms with Crippen molar-refractivity contribution < 1.29 is 5.11 Å². The highest BCUT2D eigenvalue weighted by Crippen LogP contribution is 2.66. The second-order valence-electron chi connectivity index (χ2n) is 4.95. The van der Waals surface area contributed by atoms with E-state index in [-0.39, 0.29) is 29.3 Å². The summed E-state index contributed by atoms with van der Waals surface area (Å²) in [7, 11) is 0. The van der Waals surface area contributed by atoms with Gasteiger partial charge in [-0.2, -0.15) is 0 Å². The monoisotopic (exact) mass is 222 g/mol. The molecule has 1 heterocycles. The third-order valence-electron chi connectivity index (χ3n) is 4.18. The summed E-state index contributed by atoms with van der Waals surface area (Å²) in [5.41, 5.74) is -0.623. The molecule has 0 radical (unpaired) electrons. The minimum atomic E-state index is -0.358. The highest BCUT2D eigenvalue weighted by atomic mass is 16.3. The molecule has 0 aliphatic heterocycles. The Labute approximate surface area is 91.7 Å². The van der Waals surface area contributed by atoms with E-state index < -0.39 is 0 Å². The largest absolute Gasteiger partial charge is 0.396 e. The summed E-state index contributed by atoms with van der Waals surface area (Å²) in [6.45, 7) is 0.215. The Morgan fingerprint density at radius 3 is 2.94 bits per heavy atom. The van der Waals surface area contributed by atoms with Crippen LogP contribution in [0.25, 0.3) is 0 Å². The molecular weight excluding hydrogens is 208 g/mol. The molecule has 0 aromatic carbocycles. The first kappa shape index (κ1) is 9.84. The molecular formula is C11H14N2O3. The minimum Gasteiger partial charge on any atom is -0.396 e. The van der Waals surface area contributed by atoms with Gasteiger partial charge in [0, 0.05) is 24.9 Å². The number of aliphatic hydroxyl groups excluding tert-OH is 1. The highest BCUT2D eigenvalue weighted by Gasteiger charge is 2.61. The molecule has 5 heteroatoms. The lowest BCUT2D eigenvalue weighted by atomic mass is 10.1. The van der Waals surface area contributed by atoms with Crippen molar-refractivity contribution in [2.24, 2.45) is 11.3 Å². The molecule has 2 N–H and O–H groups in total. The molecule has 2 fully saturated rings. The molecule has 0 amide bonds. The molecule has 5 nitrogen and oxygen atoms in total. The number of hydrogen-bond donors (Lipinski definition) is 2. The molecule has 2 aliphatic rings. The first-order chi connectivity index (χ1) is 7.66. The number of aliphatic hydroxyl groups is 1. The lowest BCUT2D eigenvalue weighted by Gasteiger charge is -2.13. The zero-order valence-electron chi connectivity index (χ0n) is 8.85. The third kappa shape index (κ3) is 1.21. The topological polar surface area (TPSA) is 75.1 Å². The Kier molecular flexibility index (Phi) is 1.89. The van der Waals surface area contributed by atoms with Crippen LogP contribution in [0.2, 0.25) is 0 Å². The van der Waals surface area contributed by atoms with E-state index in [0.717, 1.165) is 19.3 Å². The quantitative estimate of drug-likeness (QED) is 0.732. The zero-order chi connectivity index (χ0) is 11.3. The molecule has 2 saturated carbocycles. The van der Waals surface area contributed by atoms with Gasteiger partial charge in [0.1, 0.15) is 0 Å². The number of H-pyrrole nitrogens is 1. The predicted molar refractivity (Wildman–Crippen MR) is 57.2 cm³/mol. The smallest absolute Gasteiger partial charge is 0.328 e. The van der Waals surface area contributed by atoms with Gasteiger partial charge in [0.25, 0.3) is 5.56 Å². The lowest BCUT2D eigenvalue weighted by molar-refractivity contribution is 0.205. The summed E-state index contributed by atoms with van der Waals surface area (Å²) >= 11 is 0. The van der Waals surface area contributed by atoms with Crippen molar-refractivity contribution in [1.29, 1.82) is 0 Å². The van der Waals surface area contributed by atoms with E-state index >= 15 is 0 Å². The maximum Gasteiger partial charge on any atom is 0.328 e. The van der Waals surface area contributed by atoms with Crippen LogP contribution in [0, 0.1) is 11.3 Å². The van der Waals surface area contributed by atoms with Gasteiger partial charge in [0.05, 0.1) is 0 Å². The van der Waals surface area contributed by atoms with Gasteiger partial charge >= 0.3 is 5.69 Å². The van der Waals surface area contributed by atoms with E-state index in [9.17, 15) is 14.7 Å². The second-order valence-corrected chi connectivity index (χ2v) is 4.95. The Hall–Kier alpha value is -1.36. The summed E-state index contributed by atoms with van der Waals surface area (Å²) in [5, 5.41) is 9.30. The second kappa shape index (κ2) is 3.07. The normalized spacial score (nSPS) is 36.1. The van der Waals surface area contributed by atoms with Crippen LogP contribution >= 0.6 is 0 Å². The Bertz CT molecular complexity index is 533. The number of nitrogens with one attached hydrogen (secondary N) is 1. The van der Waals surface area contributed by atoms with Crippen LogP contribution in [0.4, 0.5) is 0 Å². The summed E-state index contributed by atoms with van der Waals surface area (Å²) in [6, 6.07) is 1.53. The standard InChI is InChI=1S/C11H14N2O3/c14-6-11-3-1-8(7(11)5-11)13-4-2-9(15)12-10(13)16/h2,4,7-8,14H,1,3,5-6H2,(H,12,15,16). The Morgan fingerprint density at radius 2 is 2.38 bits per heavy atom. The molecule has 2 aliphatic carbocycles.